The van der Waals surface area contributed by atoms with E-state index in [0.717, 1.165) is 21.7 Å². The van der Waals surface area contributed by atoms with Crippen molar-refractivity contribution < 1.29 is 8.42 Å². The highest BCUT2D eigenvalue weighted by molar-refractivity contribution is 9.10. The number of thiazole rings is 1. The molecule has 4 rings (SSSR count). The average molecular weight is 560 g/mol. The van der Waals surface area contributed by atoms with Crippen molar-refractivity contribution in [2.75, 3.05) is 18.0 Å². The lowest BCUT2D eigenvalue weighted by atomic mass is 10.1. The van der Waals surface area contributed by atoms with Gasteiger partial charge in [0.1, 0.15) is 0 Å². The molecule has 4 nitrogen and oxygen atoms in total. The van der Waals surface area contributed by atoms with Gasteiger partial charge < -0.3 is 4.90 Å². The molecule has 164 valence electrons. The van der Waals surface area contributed by atoms with E-state index in [2.05, 4.69) is 38.3 Å². The quantitative estimate of drug-likeness (QED) is 0.355. The third kappa shape index (κ3) is 5.11. The number of halogens is 3. The summed E-state index contributed by atoms with van der Waals surface area (Å²) in [6, 6.07) is 11.3. The van der Waals surface area contributed by atoms with E-state index in [1.54, 1.807) is 24.3 Å². The lowest BCUT2D eigenvalue weighted by Crippen LogP contribution is -2.39. The molecule has 9 heteroatoms. The summed E-state index contributed by atoms with van der Waals surface area (Å²) in [5.41, 5.74) is 2.94. The van der Waals surface area contributed by atoms with Crippen LogP contribution >= 0.6 is 50.5 Å². The van der Waals surface area contributed by atoms with Crippen molar-refractivity contribution in [1.82, 2.24) is 4.98 Å². The van der Waals surface area contributed by atoms with Gasteiger partial charge in [-0.3, -0.25) is 0 Å². The number of aromatic nitrogens is 1. The third-order valence-electron chi connectivity index (χ3n) is 5.48. The van der Waals surface area contributed by atoms with Crippen molar-refractivity contribution in [3.63, 3.8) is 0 Å². The fraction of sp³-hybridized carbons (Fsp3) is 0.318. The summed E-state index contributed by atoms with van der Waals surface area (Å²) in [5, 5.41) is 3.23. The van der Waals surface area contributed by atoms with Gasteiger partial charge in [-0.1, -0.05) is 51.3 Å². The molecule has 1 aromatic heterocycles. The molecule has 3 aromatic rings. The Morgan fingerprint density at radius 1 is 1.16 bits per heavy atom. The summed E-state index contributed by atoms with van der Waals surface area (Å²) in [4.78, 5) is 7.14. The molecule has 0 radical (unpaired) electrons. The van der Waals surface area contributed by atoms with Crippen LogP contribution < -0.4 is 4.90 Å². The van der Waals surface area contributed by atoms with Crippen LogP contribution in [0, 0.1) is 6.92 Å². The molecule has 0 amide bonds. The van der Waals surface area contributed by atoms with Gasteiger partial charge in [-0.05, 0) is 55.2 Å². The minimum absolute atomic E-state index is 0.181. The molecular formula is C22H21BrCl2N2O2S2. The summed E-state index contributed by atoms with van der Waals surface area (Å²) >= 11 is 17.4. The van der Waals surface area contributed by atoms with Gasteiger partial charge in [0.25, 0.3) is 0 Å². The Labute approximate surface area is 205 Å². The first kappa shape index (κ1) is 23.1. The SMILES string of the molecule is Cc1cc(S(=O)(=O)C2CCN(c3nc(Cc4cccc(Br)c4)cs3)CC2)c(Cl)cc1Cl. The first-order valence-corrected chi connectivity index (χ1v) is 13.8. The standard InChI is InChI=1S/C22H21BrCl2N2O2S2/c1-14-9-21(20(25)12-19(14)24)31(28,29)18-5-7-27(8-6-18)22-26-17(13-30-22)11-15-3-2-4-16(23)10-15/h2-4,9-10,12-13,18H,5-8,11H2,1H3. The molecule has 0 bridgehead atoms. The molecule has 0 atom stereocenters. The van der Waals surface area contributed by atoms with E-state index in [9.17, 15) is 8.42 Å². The number of nitrogens with zero attached hydrogens (tertiary/aromatic N) is 2. The van der Waals surface area contributed by atoms with Crippen LogP contribution in [-0.4, -0.2) is 31.7 Å². The number of aryl methyl sites for hydroxylation is 1. The lowest BCUT2D eigenvalue weighted by molar-refractivity contribution is 0.529. The maximum Gasteiger partial charge on any atom is 0.185 e. The van der Waals surface area contributed by atoms with E-state index in [0.29, 0.717) is 36.5 Å². The van der Waals surface area contributed by atoms with E-state index in [4.69, 9.17) is 28.2 Å². The van der Waals surface area contributed by atoms with Gasteiger partial charge in [0, 0.05) is 34.4 Å². The van der Waals surface area contributed by atoms with Crippen LogP contribution in [0.25, 0.3) is 0 Å². The molecule has 0 N–H and O–H groups in total. The summed E-state index contributed by atoms with van der Waals surface area (Å²) in [6.45, 7) is 3.09. The number of hydrogen-bond acceptors (Lipinski definition) is 5. The number of anilines is 1. The van der Waals surface area contributed by atoms with Crippen molar-refractivity contribution in [2.24, 2.45) is 0 Å². The minimum Gasteiger partial charge on any atom is -0.348 e. The Hall–Kier alpha value is -1.12. The molecule has 2 aromatic carbocycles. The molecule has 0 saturated carbocycles. The molecule has 1 aliphatic heterocycles. The van der Waals surface area contributed by atoms with Gasteiger partial charge in [-0.15, -0.1) is 11.3 Å². The molecule has 0 aliphatic carbocycles. The van der Waals surface area contributed by atoms with Crippen molar-refractivity contribution in [2.45, 2.75) is 36.3 Å². The van der Waals surface area contributed by atoms with Crippen LogP contribution in [0.3, 0.4) is 0 Å². The maximum atomic E-state index is 13.2. The van der Waals surface area contributed by atoms with Crippen LogP contribution in [-0.2, 0) is 16.3 Å². The van der Waals surface area contributed by atoms with E-state index in [1.165, 1.54) is 11.6 Å². The van der Waals surface area contributed by atoms with E-state index in [-0.39, 0.29) is 9.92 Å². The van der Waals surface area contributed by atoms with Gasteiger partial charge in [0.05, 0.1) is 20.9 Å². The van der Waals surface area contributed by atoms with Gasteiger partial charge in [-0.25, -0.2) is 13.4 Å². The zero-order chi connectivity index (χ0) is 22.2. The second kappa shape index (κ2) is 9.40. The third-order valence-corrected chi connectivity index (χ3v) is 10.1. The zero-order valence-electron chi connectivity index (χ0n) is 16.8. The van der Waals surface area contributed by atoms with E-state index >= 15 is 0 Å². The highest BCUT2D eigenvalue weighted by Crippen LogP contribution is 2.34. The number of benzene rings is 2. The second-order valence-electron chi connectivity index (χ2n) is 7.69. The van der Waals surface area contributed by atoms with E-state index < -0.39 is 15.1 Å². The van der Waals surface area contributed by atoms with Gasteiger partial charge in [-0.2, -0.15) is 0 Å². The Kier molecular flexibility index (Phi) is 6.99. The molecule has 2 heterocycles. The van der Waals surface area contributed by atoms with E-state index in [1.807, 2.05) is 12.1 Å². The second-order valence-corrected chi connectivity index (χ2v) is 12.5. The monoisotopic (exact) mass is 558 g/mol. The fourth-order valence-corrected chi connectivity index (χ4v) is 7.66. The topological polar surface area (TPSA) is 50.3 Å². The van der Waals surface area contributed by atoms with Crippen LogP contribution in [0.2, 0.25) is 10.0 Å². The number of rotatable bonds is 5. The molecule has 1 saturated heterocycles. The van der Waals surface area contributed by atoms with Gasteiger partial charge in [0.2, 0.25) is 0 Å². The van der Waals surface area contributed by atoms with Crippen molar-refractivity contribution >= 4 is 65.4 Å². The van der Waals surface area contributed by atoms with Crippen molar-refractivity contribution in [3.8, 4) is 0 Å². The summed E-state index contributed by atoms with van der Waals surface area (Å²) < 4.78 is 27.4. The van der Waals surface area contributed by atoms with Gasteiger partial charge >= 0.3 is 0 Å². The maximum absolute atomic E-state index is 13.2. The van der Waals surface area contributed by atoms with Crippen molar-refractivity contribution in [3.05, 3.63) is 73.1 Å². The van der Waals surface area contributed by atoms with Gasteiger partial charge in [0.15, 0.2) is 15.0 Å². The summed E-state index contributed by atoms with van der Waals surface area (Å²) in [7, 11) is -3.52. The molecule has 0 unspecified atom stereocenters. The largest absolute Gasteiger partial charge is 0.348 e. The predicted octanol–water partition coefficient (Wildman–Crippen LogP) is 6.55. The first-order valence-electron chi connectivity index (χ1n) is 9.87. The highest BCUT2D eigenvalue weighted by atomic mass is 79.9. The Morgan fingerprint density at radius 2 is 1.90 bits per heavy atom. The number of piperidine rings is 1. The van der Waals surface area contributed by atoms with Crippen LogP contribution in [0.5, 0.6) is 0 Å². The summed E-state index contributed by atoms with van der Waals surface area (Å²) in [6.07, 6.45) is 1.86. The normalized spacial score (nSPS) is 15.4. The van der Waals surface area contributed by atoms with Crippen LogP contribution in [0.4, 0.5) is 5.13 Å². The Bertz CT molecular complexity index is 1210. The molecule has 1 fully saturated rings. The Balaban J connectivity index is 1.43. The smallest absolute Gasteiger partial charge is 0.185 e. The lowest BCUT2D eigenvalue weighted by Gasteiger charge is -2.31. The molecule has 31 heavy (non-hydrogen) atoms. The fourth-order valence-electron chi connectivity index (χ4n) is 3.76. The zero-order valence-corrected chi connectivity index (χ0v) is 21.5. The molecular weight excluding hydrogens is 539 g/mol. The predicted molar refractivity (Wildman–Crippen MR) is 133 cm³/mol. The van der Waals surface area contributed by atoms with Crippen LogP contribution in [0.1, 0.15) is 29.7 Å². The molecule has 0 spiro atoms. The van der Waals surface area contributed by atoms with Crippen LogP contribution in [0.15, 0.2) is 51.1 Å². The molecule has 1 aliphatic rings. The minimum atomic E-state index is -3.52. The number of sulfone groups is 1. The summed E-state index contributed by atoms with van der Waals surface area (Å²) in [5.74, 6) is 0. The number of hydrogen-bond donors (Lipinski definition) is 0. The highest BCUT2D eigenvalue weighted by Gasteiger charge is 2.33. The Morgan fingerprint density at radius 3 is 2.61 bits per heavy atom. The first-order chi connectivity index (χ1) is 14.7. The average Bonchev–Trinajstić information content (AvgIpc) is 3.19. The van der Waals surface area contributed by atoms with Crippen molar-refractivity contribution in [1.29, 1.82) is 0 Å².